The van der Waals surface area contributed by atoms with E-state index in [1.54, 1.807) is 20.0 Å². The summed E-state index contributed by atoms with van der Waals surface area (Å²) in [6.07, 6.45) is 1.77. The Balaban J connectivity index is 3.03. The highest BCUT2D eigenvalue weighted by Crippen LogP contribution is 2.30. The largest absolute Gasteiger partial charge is 0.481 e. The van der Waals surface area contributed by atoms with E-state index in [2.05, 4.69) is 18.8 Å². The van der Waals surface area contributed by atoms with Crippen molar-refractivity contribution >= 4 is 17.3 Å². The second-order valence-corrected chi connectivity index (χ2v) is 5.21. The van der Waals surface area contributed by atoms with Crippen molar-refractivity contribution in [2.24, 2.45) is 0 Å². The lowest BCUT2D eigenvalue weighted by Crippen LogP contribution is -2.28. The summed E-state index contributed by atoms with van der Waals surface area (Å²) >= 11 is 1.48. The van der Waals surface area contributed by atoms with Gasteiger partial charge in [-0.1, -0.05) is 13.8 Å². The Morgan fingerprint density at radius 2 is 2.14 bits per heavy atom. The Kier molecular flexibility index (Phi) is 2.95. The van der Waals surface area contributed by atoms with Gasteiger partial charge in [0.2, 0.25) is 0 Å². The molecule has 0 aliphatic rings. The number of thiazole rings is 1. The van der Waals surface area contributed by atoms with E-state index >= 15 is 0 Å². The molecule has 1 heterocycles. The Morgan fingerprint density at radius 1 is 1.57 bits per heavy atom. The summed E-state index contributed by atoms with van der Waals surface area (Å²) in [5, 5.41) is 9.68. The highest BCUT2D eigenvalue weighted by atomic mass is 32.1. The van der Waals surface area contributed by atoms with E-state index in [1.165, 1.54) is 11.3 Å². The van der Waals surface area contributed by atoms with Gasteiger partial charge in [-0.2, -0.15) is 0 Å². The van der Waals surface area contributed by atoms with E-state index in [4.69, 9.17) is 5.11 Å². The third-order valence-corrected chi connectivity index (χ3v) is 3.78. The molecule has 0 bridgehead atoms. The minimum Gasteiger partial charge on any atom is -0.481 e. The molecule has 0 unspecified atom stereocenters. The molecule has 0 saturated heterocycles. The monoisotopic (exact) mass is 213 g/mol. The molecule has 3 nitrogen and oxygen atoms in total. The van der Waals surface area contributed by atoms with Crippen LogP contribution in [0.3, 0.4) is 0 Å². The first kappa shape index (κ1) is 11.2. The van der Waals surface area contributed by atoms with Crippen LogP contribution in [0.5, 0.6) is 0 Å². The molecule has 0 spiro atoms. The molecule has 1 aromatic rings. The van der Waals surface area contributed by atoms with E-state index < -0.39 is 11.4 Å². The number of carboxylic acids is 1. The number of carbonyl (C=O) groups is 1. The van der Waals surface area contributed by atoms with Crippen LogP contribution in [0.25, 0.3) is 0 Å². The summed E-state index contributed by atoms with van der Waals surface area (Å²) in [5.41, 5.74) is -0.877. The van der Waals surface area contributed by atoms with Crippen molar-refractivity contribution < 1.29 is 9.90 Å². The fourth-order valence-electron chi connectivity index (χ4n) is 0.934. The van der Waals surface area contributed by atoms with Gasteiger partial charge in [-0.25, -0.2) is 4.98 Å². The normalized spacial score (nSPS) is 12.1. The van der Waals surface area contributed by atoms with Crippen LogP contribution in [0, 0.1) is 0 Å². The third-order valence-electron chi connectivity index (χ3n) is 2.16. The Hall–Kier alpha value is -0.900. The zero-order chi connectivity index (χ0) is 10.9. The second kappa shape index (κ2) is 3.69. The number of rotatable bonds is 3. The summed E-state index contributed by atoms with van der Waals surface area (Å²) in [5.74, 6) is -0.423. The first-order valence-corrected chi connectivity index (χ1v) is 5.37. The molecule has 0 fully saturated rings. The lowest BCUT2D eigenvalue weighted by molar-refractivity contribution is -0.142. The van der Waals surface area contributed by atoms with Gasteiger partial charge in [0, 0.05) is 11.1 Å². The van der Waals surface area contributed by atoms with Gasteiger partial charge < -0.3 is 5.11 Å². The number of aliphatic carboxylic acids is 1. The second-order valence-electron chi connectivity index (χ2n) is 4.15. The van der Waals surface area contributed by atoms with Gasteiger partial charge in [-0.05, 0) is 19.8 Å². The maximum absolute atomic E-state index is 11.0. The number of aromatic nitrogens is 1. The summed E-state index contributed by atoms with van der Waals surface area (Å²) in [7, 11) is 0. The topological polar surface area (TPSA) is 50.2 Å². The number of hydrogen-bond donors (Lipinski definition) is 1. The first-order chi connectivity index (χ1) is 6.35. The Bertz CT molecular complexity index is 342. The average Bonchev–Trinajstić information content (AvgIpc) is 2.51. The van der Waals surface area contributed by atoms with E-state index in [0.717, 1.165) is 4.88 Å². The van der Waals surface area contributed by atoms with Crippen molar-refractivity contribution in [2.75, 3.05) is 0 Å². The molecule has 0 aliphatic carbocycles. The van der Waals surface area contributed by atoms with E-state index in [9.17, 15) is 4.79 Å². The molecule has 0 aliphatic heterocycles. The lowest BCUT2D eigenvalue weighted by Gasteiger charge is -2.15. The van der Waals surface area contributed by atoms with Gasteiger partial charge in [0.25, 0.3) is 0 Å². The Morgan fingerprint density at radius 3 is 2.50 bits per heavy atom. The number of nitrogens with zero attached hydrogens (tertiary/aromatic N) is 1. The van der Waals surface area contributed by atoms with Crippen LogP contribution < -0.4 is 0 Å². The molecular formula is C10H15NO2S. The molecule has 14 heavy (non-hydrogen) atoms. The quantitative estimate of drug-likeness (QED) is 0.839. The van der Waals surface area contributed by atoms with Crippen LogP contribution in [-0.2, 0) is 10.2 Å². The minimum absolute atomic E-state index is 0.408. The van der Waals surface area contributed by atoms with Gasteiger partial charge in [-0.15, -0.1) is 11.3 Å². The molecule has 1 N–H and O–H groups in total. The van der Waals surface area contributed by atoms with Crippen LogP contribution in [0.2, 0.25) is 0 Å². The van der Waals surface area contributed by atoms with Crippen molar-refractivity contribution in [3.63, 3.8) is 0 Å². The number of carboxylic acid groups (broad SMARTS) is 1. The summed E-state index contributed by atoms with van der Waals surface area (Å²) in [4.78, 5) is 16.3. The molecule has 78 valence electrons. The van der Waals surface area contributed by atoms with Crippen molar-refractivity contribution in [3.05, 3.63) is 16.1 Å². The summed E-state index contributed by atoms with van der Waals surface area (Å²) in [6, 6.07) is 0. The fourth-order valence-corrected chi connectivity index (χ4v) is 1.95. The van der Waals surface area contributed by atoms with Crippen LogP contribution in [-0.4, -0.2) is 16.1 Å². The van der Waals surface area contributed by atoms with E-state index in [0.29, 0.717) is 10.9 Å². The van der Waals surface area contributed by atoms with Gasteiger partial charge in [0.05, 0.1) is 0 Å². The van der Waals surface area contributed by atoms with Gasteiger partial charge in [0.15, 0.2) is 0 Å². The SMILES string of the molecule is CC(C)c1cnc(C(C)(C)C(=O)O)s1. The standard InChI is InChI=1S/C10H15NO2S/c1-6(2)7-5-11-8(14-7)10(3,4)9(12)13/h5-6H,1-4H3,(H,12,13). The molecule has 4 heteroatoms. The van der Waals surface area contributed by atoms with Crippen LogP contribution >= 0.6 is 11.3 Å². The van der Waals surface area contributed by atoms with Crippen LogP contribution in [0.15, 0.2) is 6.20 Å². The predicted octanol–water partition coefficient (Wildman–Crippen LogP) is 2.63. The van der Waals surface area contributed by atoms with Crippen molar-refractivity contribution in [1.29, 1.82) is 0 Å². The molecule has 0 atom stereocenters. The smallest absolute Gasteiger partial charge is 0.316 e. The fraction of sp³-hybridized carbons (Fsp3) is 0.600. The summed E-state index contributed by atoms with van der Waals surface area (Å²) < 4.78 is 0. The highest BCUT2D eigenvalue weighted by Gasteiger charge is 2.32. The van der Waals surface area contributed by atoms with Gasteiger partial charge in [-0.3, -0.25) is 4.79 Å². The van der Waals surface area contributed by atoms with Crippen LogP contribution in [0.1, 0.15) is 43.5 Å². The summed E-state index contributed by atoms with van der Waals surface area (Å²) in [6.45, 7) is 7.51. The van der Waals surface area contributed by atoms with E-state index in [1.807, 2.05) is 0 Å². The zero-order valence-corrected chi connectivity index (χ0v) is 9.68. The predicted molar refractivity (Wildman–Crippen MR) is 56.9 cm³/mol. The third kappa shape index (κ3) is 1.95. The maximum atomic E-state index is 11.0. The first-order valence-electron chi connectivity index (χ1n) is 4.55. The van der Waals surface area contributed by atoms with Crippen molar-refractivity contribution in [3.8, 4) is 0 Å². The van der Waals surface area contributed by atoms with Crippen LogP contribution in [0.4, 0.5) is 0 Å². The molecule has 0 amide bonds. The van der Waals surface area contributed by atoms with Crippen molar-refractivity contribution in [2.45, 2.75) is 39.0 Å². The van der Waals surface area contributed by atoms with Gasteiger partial charge in [0.1, 0.15) is 10.4 Å². The average molecular weight is 213 g/mol. The molecule has 1 rings (SSSR count). The van der Waals surface area contributed by atoms with Gasteiger partial charge >= 0.3 is 5.97 Å². The zero-order valence-electron chi connectivity index (χ0n) is 8.87. The molecular weight excluding hydrogens is 198 g/mol. The van der Waals surface area contributed by atoms with Crippen molar-refractivity contribution in [1.82, 2.24) is 4.98 Å². The Labute approximate surface area is 87.8 Å². The minimum atomic E-state index is -0.877. The molecule has 0 aromatic carbocycles. The molecule has 0 radical (unpaired) electrons. The molecule has 0 saturated carbocycles. The number of hydrogen-bond acceptors (Lipinski definition) is 3. The maximum Gasteiger partial charge on any atom is 0.316 e. The highest BCUT2D eigenvalue weighted by molar-refractivity contribution is 7.12. The van der Waals surface area contributed by atoms with E-state index in [-0.39, 0.29) is 0 Å². The molecule has 1 aromatic heterocycles. The lowest BCUT2D eigenvalue weighted by atomic mass is 9.95.